The second-order valence-corrected chi connectivity index (χ2v) is 4.24. The van der Waals surface area contributed by atoms with E-state index in [2.05, 4.69) is 20.9 Å². The molecule has 0 aliphatic carbocycles. The van der Waals surface area contributed by atoms with Gasteiger partial charge in [-0.2, -0.15) is 0 Å². The van der Waals surface area contributed by atoms with Crippen molar-refractivity contribution in [3.05, 3.63) is 24.1 Å². The van der Waals surface area contributed by atoms with E-state index in [0.717, 1.165) is 11.1 Å². The lowest BCUT2D eigenvalue weighted by Crippen LogP contribution is -1.86. The number of anilines is 1. The van der Waals surface area contributed by atoms with E-state index in [1.807, 2.05) is 25.1 Å². The molecule has 0 saturated heterocycles. The highest BCUT2D eigenvalue weighted by Crippen LogP contribution is 2.27. The molecular weight excluding hydrogens is 232 g/mol. The van der Waals surface area contributed by atoms with Crippen molar-refractivity contribution in [1.82, 2.24) is 4.98 Å². The highest BCUT2D eigenvalue weighted by molar-refractivity contribution is 9.09. The third-order valence-corrected chi connectivity index (χ3v) is 2.20. The molecule has 0 aliphatic rings. The third kappa shape index (κ3) is 1.42. The molecule has 13 heavy (non-hydrogen) atoms. The number of nitrogens with two attached hydrogens (primary N) is 1. The molecule has 0 radical (unpaired) electrons. The zero-order valence-electron chi connectivity index (χ0n) is 7.12. The van der Waals surface area contributed by atoms with Crippen LogP contribution >= 0.6 is 15.9 Å². The number of aromatic nitrogens is 1. The first-order valence-corrected chi connectivity index (χ1v) is 4.89. The van der Waals surface area contributed by atoms with Crippen molar-refractivity contribution in [2.75, 3.05) is 5.73 Å². The largest absolute Gasteiger partial charge is 0.439 e. The Balaban J connectivity index is 2.68. The zero-order chi connectivity index (χ0) is 9.42. The highest BCUT2D eigenvalue weighted by atomic mass is 79.9. The summed E-state index contributed by atoms with van der Waals surface area (Å²) in [5, 5.41) is 0. The summed E-state index contributed by atoms with van der Waals surface area (Å²) in [5.74, 6) is 0.660. The van der Waals surface area contributed by atoms with Crippen LogP contribution in [-0.2, 0) is 0 Å². The molecule has 2 aromatic rings. The van der Waals surface area contributed by atoms with Gasteiger partial charge in [-0.3, -0.25) is 0 Å². The van der Waals surface area contributed by atoms with E-state index in [4.69, 9.17) is 10.2 Å². The summed E-state index contributed by atoms with van der Waals surface area (Å²) in [6.45, 7) is 1.96. The van der Waals surface area contributed by atoms with Gasteiger partial charge in [-0.1, -0.05) is 22.0 Å². The minimum atomic E-state index is 0.110. The lowest BCUT2D eigenvalue weighted by Gasteiger charge is -1.91. The number of hydrogen-bond donors (Lipinski definition) is 1. The van der Waals surface area contributed by atoms with E-state index >= 15 is 0 Å². The maximum atomic E-state index is 5.73. The summed E-state index contributed by atoms with van der Waals surface area (Å²) < 4.78 is 5.47. The fourth-order valence-corrected chi connectivity index (χ4v) is 1.35. The first-order chi connectivity index (χ1) is 6.18. The first kappa shape index (κ1) is 8.56. The smallest absolute Gasteiger partial charge is 0.209 e. The third-order valence-electron chi connectivity index (χ3n) is 1.81. The van der Waals surface area contributed by atoms with Gasteiger partial charge >= 0.3 is 0 Å². The number of oxazole rings is 1. The molecule has 0 spiro atoms. The maximum absolute atomic E-state index is 5.73. The number of halogens is 1. The van der Waals surface area contributed by atoms with Crippen molar-refractivity contribution in [3.63, 3.8) is 0 Å². The van der Waals surface area contributed by atoms with Crippen LogP contribution in [0.1, 0.15) is 17.6 Å². The van der Waals surface area contributed by atoms with Crippen LogP contribution < -0.4 is 5.73 Å². The number of nitrogen functional groups attached to an aromatic ring is 1. The molecule has 0 amide bonds. The number of hydrogen-bond acceptors (Lipinski definition) is 3. The van der Waals surface area contributed by atoms with Gasteiger partial charge in [0.2, 0.25) is 5.89 Å². The summed E-state index contributed by atoms with van der Waals surface area (Å²) in [4.78, 5) is 4.38. The van der Waals surface area contributed by atoms with Gasteiger partial charge in [0.15, 0.2) is 5.58 Å². The van der Waals surface area contributed by atoms with Crippen molar-refractivity contribution in [3.8, 4) is 0 Å². The van der Waals surface area contributed by atoms with E-state index in [-0.39, 0.29) is 4.83 Å². The van der Waals surface area contributed by atoms with Gasteiger partial charge in [0.25, 0.3) is 0 Å². The molecular formula is C9H9BrN2O. The van der Waals surface area contributed by atoms with Crippen molar-refractivity contribution >= 4 is 32.7 Å². The predicted octanol–water partition coefficient (Wildman–Crippen LogP) is 2.87. The normalized spacial score (nSPS) is 13.4. The summed E-state index contributed by atoms with van der Waals surface area (Å²) in [5.41, 5.74) is 7.86. The topological polar surface area (TPSA) is 52.0 Å². The van der Waals surface area contributed by atoms with Crippen molar-refractivity contribution in [2.24, 2.45) is 0 Å². The van der Waals surface area contributed by atoms with Gasteiger partial charge < -0.3 is 10.2 Å². The van der Waals surface area contributed by atoms with Gasteiger partial charge in [-0.25, -0.2) is 4.98 Å². The fourth-order valence-electron chi connectivity index (χ4n) is 1.16. The van der Waals surface area contributed by atoms with E-state index in [1.54, 1.807) is 0 Å². The Morgan fingerprint density at radius 1 is 1.54 bits per heavy atom. The monoisotopic (exact) mass is 240 g/mol. The van der Waals surface area contributed by atoms with Crippen LogP contribution in [0.4, 0.5) is 5.69 Å². The number of nitrogens with zero attached hydrogens (tertiary/aromatic N) is 1. The minimum Gasteiger partial charge on any atom is -0.439 e. The fraction of sp³-hybridized carbons (Fsp3) is 0.222. The van der Waals surface area contributed by atoms with E-state index < -0.39 is 0 Å². The summed E-state index contributed by atoms with van der Waals surface area (Å²) in [6.07, 6.45) is 0. The molecule has 4 heteroatoms. The van der Waals surface area contributed by atoms with Crippen molar-refractivity contribution < 1.29 is 4.42 Å². The molecule has 1 aromatic carbocycles. The van der Waals surface area contributed by atoms with Gasteiger partial charge in [0.1, 0.15) is 5.52 Å². The number of benzene rings is 1. The molecule has 0 saturated carbocycles. The van der Waals surface area contributed by atoms with E-state index in [0.29, 0.717) is 11.6 Å². The van der Waals surface area contributed by atoms with E-state index in [1.165, 1.54) is 0 Å². The molecule has 1 aromatic heterocycles. The van der Waals surface area contributed by atoms with Crippen LogP contribution in [0.2, 0.25) is 0 Å². The number of rotatable bonds is 1. The first-order valence-electron chi connectivity index (χ1n) is 3.97. The molecule has 1 unspecified atom stereocenters. The van der Waals surface area contributed by atoms with Gasteiger partial charge in [0, 0.05) is 0 Å². The summed E-state index contributed by atoms with van der Waals surface area (Å²) >= 11 is 3.39. The summed E-state index contributed by atoms with van der Waals surface area (Å²) in [7, 11) is 0. The molecule has 0 bridgehead atoms. The van der Waals surface area contributed by atoms with Crippen molar-refractivity contribution in [1.29, 1.82) is 0 Å². The average molecular weight is 241 g/mol. The zero-order valence-corrected chi connectivity index (χ0v) is 8.71. The van der Waals surface area contributed by atoms with Crippen molar-refractivity contribution in [2.45, 2.75) is 11.8 Å². The molecule has 1 atom stereocenters. The number of alkyl halides is 1. The van der Waals surface area contributed by atoms with Crippen LogP contribution in [0.3, 0.4) is 0 Å². The number of para-hydroxylation sites is 1. The molecule has 68 valence electrons. The highest BCUT2D eigenvalue weighted by Gasteiger charge is 2.11. The molecule has 0 fully saturated rings. The molecule has 0 aliphatic heterocycles. The van der Waals surface area contributed by atoms with Gasteiger partial charge in [-0.15, -0.1) is 0 Å². The van der Waals surface area contributed by atoms with Crippen LogP contribution in [0.25, 0.3) is 11.1 Å². The summed E-state index contributed by atoms with van der Waals surface area (Å²) in [6, 6.07) is 5.52. The Kier molecular flexibility index (Phi) is 2.00. The average Bonchev–Trinajstić information content (AvgIpc) is 2.49. The Morgan fingerprint density at radius 2 is 2.31 bits per heavy atom. The second-order valence-electron chi connectivity index (χ2n) is 2.86. The Morgan fingerprint density at radius 3 is 2.92 bits per heavy atom. The van der Waals surface area contributed by atoms with Gasteiger partial charge in [0.05, 0.1) is 10.5 Å². The standard InChI is InChI=1S/C9H9BrN2O/c1-5(10)9-12-8-6(11)3-2-4-7(8)13-9/h2-5H,11H2,1H3. The van der Waals surface area contributed by atoms with Crippen LogP contribution in [-0.4, -0.2) is 4.98 Å². The number of fused-ring (bicyclic) bond motifs is 1. The molecule has 2 rings (SSSR count). The minimum absolute atomic E-state index is 0.110. The van der Waals surface area contributed by atoms with E-state index in [9.17, 15) is 0 Å². The Bertz CT molecular complexity index is 436. The molecule has 2 N–H and O–H groups in total. The SMILES string of the molecule is CC(Br)c1nc2c(N)cccc2o1. The second kappa shape index (κ2) is 3.03. The Hall–Kier alpha value is -1.03. The van der Waals surface area contributed by atoms with Gasteiger partial charge in [-0.05, 0) is 19.1 Å². The molecule has 1 heterocycles. The quantitative estimate of drug-likeness (QED) is 0.616. The predicted molar refractivity (Wildman–Crippen MR) is 55.8 cm³/mol. The van der Waals surface area contributed by atoms with Crippen LogP contribution in [0.15, 0.2) is 22.6 Å². The van der Waals surface area contributed by atoms with Crippen LogP contribution in [0, 0.1) is 0 Å². The Labute approximate surface area is 84.1 Å². The maximum Gasteiger partial charge on any atom is 0.209 e. The van der Waals surface area contributed by atoms with Crippen LogP contribution in [0.5, 0.6) is 0 Å². The lowest BCUT2D eigenvalue weighted by molar-refractivity contribution is 0.536. The lowest BCUT2D eigenvalue weighted by atomic mass is 10.3. The molecule has 3 nitrogen and oxygen atoms in total.